The van der Waals surface area contributed by atoms with E-state index in [1.165, 1.54) is 5.01 Å². The third kappa shape index (κ3) is 5.39. The van der Waals surface area contributed by atoms with Gasteiger partial charge in [0.15, 0.2) is 0 Å². The number of hydrogen-bond acceptors (Lipinski definition) is 4. The van der Waals surface area contributed by atoms with Gasteiger partial charge in [-0.1, -0.05) is 44.2 Å². The van der Waals surface area contributed by atoms with Gasteiger partial charge in [-0.3, -0.25) is 14.5 Å². The predicted octanol–water partition coefficient (Wildman–Crippen LogP) is 2.20. The fourth-order valence-corrected chi connectivity index (χ4v) is 3.67. The molecule has 0 aliphatic carbocycles. The lowest BCUT2D eigenvalue weighted by atomic mass is 10.1. The molecule has 3 rings (SSSR count). The Hall–Kier alpha value is -2.21. The molecule has 1 aromatic rings. The Morgan fingerprint density at radius 2 is 1.63 bits per heavy atom. The Kier molecular flexibility index (Phi) is 6.61. The number of amides is 2. The summed E-state index contributed by atoms with van der Waals surface area (Å²) in [6, 6.07) is 9.94. The summed E-state index contributed by atoms with van der Waals surface area (Å²) >= 11 is 0. The number of benzene rings is 1. The van der Waals surface area contributed by atoms with Gasteiger partial charge in [-0.2, -0.15) is 5.10 Å². The number of carbonyl (C=O) groups is 2. The molecule has 27 heavy (non-hydrogen) atoms. The second-order valence-electron chi connectivity index (χ2n) is 7.75. The second kappa shape index (κ2) is 9.13. The van der Waals surface area contributed by atoms with E-state index in [2.05, 4.69) is 23.8 Å². The Balaban J connectivity index is 1.43. The number of hydrogen-bond donors (Lipinski definition) is 0. The van der Waals surface area contributed by atoms with Crippen molar-refractivity contribution in [1.29, 1.82) is 0 Å². The molecule has 0 radical (unpaired) electrons. The standard InChI is InChI=1S/C21H30N4O2/c1-17(2)16-23-12-14-24(15-13-23)20(26)8-9-21(27)25-11-10-19(22-25)18-6-4-3-5-7-18/h3-7,17H,8-16H2,1-2H3. The van der Waals surface area contributed by atoms with E-state index in [9.17, 15) is 9.59 Å². The quantitative estimate of drug-likeness (QED) is 0.771. The zero-order valence-electron chi connectivity index (χ0n) is 16.4. The number of rotatable bonds is 6. The highest BCUT2D eigenvalue weighted by molar-refractivity contribution is 6.02. The zero-order chi connectivity index (χ0) is 19.2. The first-order valence-corrected chi connectivity index (χ1v) is 9.96. The Labute approximate surface area is 161 Å². The molecule has 1 aromatic carbocycles. The number of hydrazone groups is 1. The lowest BCUT2D eigenvalue weighted by Gasteiger charge is -2.35. The second-order valence-corrected chi connectivity index (χ2v) is 7.75. The Morgan fingerprint density at radius 3 is 2.30 bits per heavy atom. The third-order valence-corrected chi connectivity index (χ3v) is 5.10. The van der Waals surface area contributed by atoms with Crippen LogP contribution in [0.5, 0.6) is 0 Å². The van der Waals surface area contributed by atoms with E-state index in [0.717, 1.165) is 50.4 Å². The maximum Gasteiger partial charge on any atom is 0.243 e. The van der Waals surface area contributed by atoms with Crippen molar-refractivity contribution >= 4 is 17.5 Å². The smallest absolute Gasteiger partial charge is 0.243 e. The summed E-state index contributed by atoms with van der Waals surface area (Å²) in [5.74, 6) is 0.665. The topological polar surface area (TPSA) is 56.2 Å². The number of carbonyl (C=O) groups excluding carboxylic acids is 2. The van der Waals surface area contributed by atoms with Gasteiger partial charge in [-0.25, -0.2) is 5.01 Å². The van der Waals surface area contributed by atoms with Crippen molar-refractivity contribution in [1.82, 2.24) is 14.8 Å². The van der Waals surface area contributed by atoms with Crippen molar-refractivity contribution in [2.75, 3.05) is 39.3 Å². The van der Waals surface area contributed by atoms with E-state index in [0.29, 0.717) is 12.5 Å². The SMILES string of the molecule is CC(C)CN1CCN(C(=O)CCC(=O)N2CCC(c3ccccc3)=N2)CC1. The van der Waals surface area contributed by atoms with Crippen LogP contribution >= 0.6 is 0 Å². The lowest BCUT2D eigenvalue weighted by Crippen LogP contribution is -2.49. The molecule has 2 amide bonds. The van der Waals surface area contributed by atoms with Crippen molar-refractivity contribution in [3.05, 3.63) is 35.9 Å². The minimum absolute atomic E-state index is 0.0623. The van der Waals surface area contributed by atoms with Crippen LogP contribution in [0.4, 0.5) is 0 Å². The monoisotopic (exact) mass is 370 g/mol. The highest BCUT2D eigenvalue weighted by Crippen LogP contribution is 2.15. The van der Waals surface area contributed by atoms with E-state index in [1.807, 2.05) is 35.2 Å². The van der Waals surface area contributed by atoms with Gasteiger partial charge in [-0.05, 0) is 11.5 Å². The summed E-state index contributed by atoms with van der Waals surface area (Å²) in [6.07, 6.45) is 1.27. The van der Waals surface area contributed by atoms with Crippen LogP contribution in [0.3, 0.4) is 0 Å². The minimum Gasteiger partial charge on any atom is -0.340 e. The highest BCUT2D eigenvalue weighted by atomic mass is 16.2. The third-order valence-electron chi connectivity index (χ3n) is 5.10. The fraction of sp³-hybridized carbons (Fsp3) is 0.571. The molecule has 0 saturated carbocycles. The van der Waals surface area contributed by atoms with E-state index >= 15 is 0 Å². The van der Waals surface area contributed by atoms with Crippen LogP contribution in [-0.2, 0) is 9.59 Å². The predicted molar refractivity (Wildman–Crippen MR) is 106 cm³/mol. The van der Waals surface area contributed by atoms with Crippen LogP contribution < -0.4 is 0 Å². The van der Waals surface area contributed by atoms with Crippen LogP contribution in [0.25, 0.3) is 0 Å². The van der Waals surface area contributed by atoms with Crippen LogP contribution in [0.1, 0.15) is 38.7 Å². The van der Waals surface area contributed by atoms with Crippen LogP contribution in [0, 0.1) is 5.92 Å². The van der Waals surface area contributed by atoms with Gasteiger partial charge < -0.3 is 4.90 Å². The first-order chi connectivity index (χ1) is 13.0. The first kappa shape index (κ1) is 19.5. The van der Waals surface area contributed by atoms with Gasteiger partial charge >= 0.3 is 0 Å². The minimum atomic E-state index is -0.0623. The van der Waals surface area contributed by atoms with Crippen LogP contribution in [0.2, 0.25) is 0 Å². The van der Waals surface area contributed by atoms with Crippen molar-refractivity contribution in [2.45, 2.75) is 33.1 Å². The average Bonchev–Trinajstić information content (AvgIpc) is 3.17. The summed E-state index contributed by atoms with van der Waals surface area (Å²) in [6.45, 7) is 9.49. The largest absolute Gasteiger partial charge is 0.340 e. The summed E-state index contributed by atoms with van der Waals surface area (Å²) < 4.78 is 0. The molecule has 146 valence electrons. The van der Waals surface area contributed by atoms with Crippen molar-refractivity contribution < 1.29 is 9.59 Å². The number of piperazine rings is 1. The molecule has 0 N–H and O–H groups in total. The summed E-state index contributed by atoms with van der Waals surface area (Å²) in [5, 5.41) is 5.98. The van der Waals surface area contributed by atoms with Gasteiger partial charge in [-0.15, -0.1) is 0 Å². The highest BCUT2D eigenvalue weighted by Gasteiger charge is 2.25. The zero-order valence-corrected chi connectivity index (χ0v) is 16.4. The molecule has 2 heterocycles. The summed E-state index contributed by atoms with van der Waals surface area (Å²) in [4.78, 5) is 29.2. The normalized spacial score (nSPS) is 18.1. The lowest BCUT2D eigenvalue weighted by molar-refractivity contribution is -0.137. The molecule has 2 aliphatic heterocycles. The van der Waals surface area contributed by atoms with E-state index in [1.54, 1.807) is 0 Å². The van der Waals surface area contributed by atoms with Gasteiger partial charge in [0.25, 0.3) is 0 Å². The fourth-order valence-electron chi connectivity index (χ4n) is 3.67. The molecule has 6 heteroatoms. The van der Waals surface area contributed by atoms with Gasteiger partial charge in [0.2, 0.25) is 11.8 Å². The first-order valence-electron chi connectivity index (χ1n) is 9.96. The van der Waals surface area contributed by atoms with Crippen LogP contribution in [0.15, 0.2) is 35.4 Å². The maximum atomic E-state index is 12.4. The molecule has 0 atom stereocenters. The van der Waals surface area contributed by atoms with Crippen molar-refractivity contribution in [3.8, 4) is 0 Å². The number of nitrogens with zero attached hydrogens (tertiary/aromatic N) is 4. The van der Waals surface area contributed by atoms with Gasteiger partial charge in [0.1, 0.15) is 0 Å². The average molecular weight is 370 g/mol. The summed E-state index contributed by atoms with van der Waals surface area (Å²) in [7, 11) is 0. The van der Waals surface area contributed by atoms with Crippen molar-refractivity contribution in [2.24, 2.45) is 11.0 Å². The molecular weight excluding hydrogens is 340 g/mol. The summed E-state index contributed by atoms with van der Waals surface area (Å²) in [5.41, 5.74) is 2.00. The molecule has 0 bridgehead atoms. The molecule has 0 aromatic heterocycles. The molecule has 6 nitrogen and oxygen atoms in total. The van der Waals surface area contributed by atoms with E-state index < -0.39 is 0 Å². The Bertz CT molecular complexity index is 679. The molecule has 0 spiro atoms. The van der Waals surface area contributed by atoms with Gasteiger partial charge in [0.05, 0.1) is 12.3 Å². The maximum absolute atomic E-state index is 12.4. The molecule has 1 saturated heterocycles. The molecular formula is C21H30N4O2. The van der Waals surface area contributed by atoms with Crippen molar-refractivity contribution in [3.63, 3.8) is 0 Å². The van der Waals surface area contributed by atoms with E-state index in [4.69, 9.17) is 0 Å². The molecule has 1 fully saturated rings. The molecule has 2 aliphatic rings. The van der Waals surface area contributed by atoms with E-state index in [-0.39, 0.29) is 24.7 Å². The molecule has 0 unspecified atom stereocenters. The Morgan fingerprint density at radius 1 is 0.963 bits per heavy atom. The van der Waals surface area contributed by atoms with Crippen LogP contribution in [-0.4, -0.2) is 71.6 Å². The van der Waals surface area contributed by atoms with Gasteiger partial charge in [0, 0.05) is 52.0 Å².